The molecule has 2 aromatic carbocycles. The van der Waals surface area contributed by atoms with Crippen LogP contribution in [-0.2, 0) is 22.6 Å². The van der Waals surface area contributed by atoms with Crippen LogP contribution in [0.25, 0.3) is 22.1 Å². The number of pyridine rings is 1. The number of fused-ring (bicyclic) bond motifs is 1. The second-order valence-corrected chi connectivity index (χ2v) is 7.33. The second-order valence-electron chi connectivity index (χ2n) is 7.33. The number of halogens is 2. The highest BCUT2D eigenvalue weighted by Gasteiger charge is 2.15. The molecular weight excluding hydrogens is 446 g/mol. The van der Waals surface area contributed by atoms with Gasteiger partial charge >= 0.3 is 5.97 Å². The van der Waals surface area contributed by atoms with E-state index in [-0.39, 0.29) is 26.4 Å². The number of carbonyl (C=O) groups excluding carboxylic acids is 1. The SMILES string of the molecule is CCOC(=O)Cc1cc(F)ccc1OCc1cc(-c2ccnc(OCN)c2)c2oc(F)cc2c1. The lowest BCUT2D eigenvalue weighted by Gasteiger charge is -2.13. The fraction of sp³-hybridized carbons (Fsp3) is 0.200. The van der Waals surface area contributed by atoms with Gasteiger partial charge < -0.3 is 18.6 Å². The average molecular weight is 468 g/mol. The van der Waals surface area contributed by atoms with Crippen molar-refractivity contribution in [1.29, 1.82) is 0 Å². The van der Waals surface area contributed by atoms with Crippen LogP contribution in [0, 0.1) is 11.8 Å². The van der Waals surface area contributed by atoms with Crippen LogP contribution in [0.2, 0.25) is 0 Å². The standard InChI is InChI=1S/C25H22F2N2O5/c1-2-31-24(30)12-17-9-19(26)3-4-21(17)32-13-15-7-18-10-22(27)34-25(18)20(8-15)16-5-6-29-23(11-16)33-14-28/h3-11H,2,12-14,28H2,1H3. The molecule has 0 saturated carbocycles. The third-order valence-corrected chi connectivity index (χ3v) is 4.98. The van der Waals surface area contributed by atoms with Crippen LogP contribution >= 0.6 is 0 Å². The van der Waals surface area contributed by atoms with E-state index in [1.54, 1.807) is 37.4 Å². The molecular formula is C25H22F2N2O5. The van der Waals surface area contributed by atoms with Gasteiger partial charge in [0.1, 0.15) is 30.5 Å². The first-order chi connectivity index (χ1) is 16.5. The summed E-state index contributed by atoms with van der Waals surface area (Å²) in [5.41, 5.74) is 8.15. The van der Waals surface area contributed by atoms with Crippen molar-refractivity contribution in [2.75, 3.05) is 13.3 Å². The van der Waals surface area contributed by atoms with Crippen molar-refractivity contribution in [2.45, 2.75) is 20.0 Å². The molecule has 9 heteroatoms. The Bertz CT molecular complexity index is 1320. The van der Waals surface area contributed by atoms with Gasteiger partial charge in [-0.15, -0.1) is 0 Å². The summed E-state index contributed by atoms with van der Waals surface area (Å²) in [4.78, 5) is 16.0. The first-order valence-corrected chi connectivity index (χ1v) is 10.5. The zero-order valence-electron chi connectivity index (χ0n) is 18.3. The molecule has 0 radical (unpaired) electrons. The third kappa shape index (κ3) is 5.32. The maximum Gasteiger partial charge on any atom is 0.310 e. The monoisotopic (exact) mass is 468 g/mol. The highest BCUT2D eigenvalue weighted by molar-refractivity contribution is 5.93. The molecule has 0 aliphatic heterocycles. The average Bonchev–Trinajstić information content (AvgIpc) is 3.18. The van der Waals surface area contributed by atoms with Gasteiger partial charge in [0.25, 0.3) is 6.01 Å². The van der Waals surface area contributed by atoms with Crippen molar-refractivity contribution in [3.63, 3.8) is 0 Å². The van der Waals surface area contributed by atoms with Crippen LogP contribution in [-0.4, -0.2) is 24.3 Å². The number of esters is 1. The van der Waals surface area contributed by atoms with Crippen molar-refractivity contribution < 1.29 is 32.2 Å². The molecule has 7 nitrogen and oxygen atoms in total. The minimum atomic E-state index is -0.725. The Morgan fingerprint density at radius 2 is 1.94 bits per heavy atom. The van der Waals surface area contributed by atoms with Crippen molar-refractivity contribution >= 4 is 16.9 Å². The fourth-order valence-electron chi connectivity index (χ4n) is 3.58. The number of carbonyl (C=O) groups is 1. The summed E-state index contributed by atoms with van der Waals surface area (Å²) in [5.74, 6) is -0.310. The van der Waals surface area contributed by atoms with Gasteiger partial charge in [-0.1, -0.05) is 0 Å². The molecule has 0 aliphatic carbocycles. The zero-order chi connectivity index (χ0) is 24.1. The molecule has 0 saturated heterocycles. The Labute approximate surface area is 194 Å². The van der Waals surface area contributed by atoms with E-state index in [1.807, 2.05) is 0 Å². The number of ether oxygens (including phenoxy) is 3. The Balaban J connectivity index is 1.65. The Hall–Kier alpha value is -3.98. The topological polar surface area (TPSA) is 96.8 Å². The molecule has 2 N–H and O–H groups in total. The van der Waals surface area contributed by atoms with Gasteiger partial charge in [-0.2, -0.15) is 4.39 Å². The summed E-state index contributed by atoms with van der Waals surface area (Å²) in [5, 5.41) is 0.539. The molecule has 2 aromatic heterocycles. The highest BCUT2D eigenvalue weighted by Crippen LogP contribution is 2.34. The molecule has 176 valence electrons. The number of furan rings is 1. The Kier molecular flexibility index (Phi) is 7.03. The minimum Gasteiger partial charge on any atom is -0.489 e. The molecule has 0 unspecified atom stereocenters. The number of hydrogen-bond acceptors (Lipinski definition) is 7. The molecule has 4 aromatic rings. The molecule has 0 amide bonds. The number of aromatic nitrogens is 1. The van der Waals surface area contributed by atoms with Crippen molar-refractivity contribution in [2.24, 2.45) is 5.73 Å². The zero-order valence-corrected chi connectivity index (χ0v) is 18.3. The van der Waals surface area contributed by atoms with Crippen molar-refractivity contribution in [3.05, 3.63) is 77.7 Å². The first-order valence-electron chi connectivity index (χ1n) is 10.5. The number of hydrogen-bond donors (Lipinski definition) is 1. The smallest absolute Gasteiger partial charge is 0.310 e. The predicted octanol–water partition coefficient (Wildman–Crippen LogP) is 4.75. The van der Waals surface area contributed by atoms with E-state index in [1.165, 1.54) is 24.3 Å². The van der Waals surface area contributed by atoms with E-state index in [9.17, 15) is 13.6 Å². The lowest BCUT2D eigenvalue weighted by atomic mass is 10.0. The van der Waals surface area contributed by atoms with Crippen LogP contribution in [0.5, 0.6) is 11.6 Å². The number of rotatable bonds is 9. The summed E-state index contributed by atoms with van der Waals surface area (Å²) in [6, 6.07) is 11.4. The Morgan fingerprint density at radius 3 is 2.74 bits per heavy atom. The van der Waals surface area contributed by atoms with Gasteiger partial charge in [0, 0.05) is 34.8 Å². The summed E-state index contributed by atoms with van der Waals surface area (Å²) in [6.45, 7) is 1.96. The predicted molar refractivity (Wildman–Crippen MR) is 120 cm³/mol. The number of nitrogens with zero attached hydrogens (tertiary/aromatic N) is 1. The van der Waals surface area contributed by atoms with E-state index in [2.05, 4.69) is 4.98 Å². The fourth-order valence-corrected chi connectivity index (χ4v) is 3.58. The number of benzene rings is 2. The van der Waals surface area contributed by atoms with E-state index in [0.29, 0.717) is 44.9 Å². The highest BCUT2D eigenvalue weighted by atomic mass is 19.1. The summed E-state index contributed by atoms with van der Waals surface area (Å²) in [6.07, 6.45) is 1.42. The molecule has 0 spiro atoms. The van der Waals surface area contributed by atoms with E-state index < -0.39 is 17.8 Å². The maximum absolute atomic E-state index is 13.9. The molecule has 2 heterocycles. The Morgan fingerprint density at radius 1 is 1.09 bits per heavy atom. The maximum atomic E-state index is 13.9. The minimum absolute atomic E-state index is 0.0407. The lowest BCUT2D eigenvalue weighted by Crippen LogP contribution is -2.09. The van der Waals surface area contributed by atoms with Crippen molar-refractivity contribution in [3.8, 4) is 22.8 Å². The van der Waals surface area contributed by atoms with Gasteiger partial charge in [-0.3, -0.25) is 10.5 Å². The summed E-state index contributed by atoms with van der Waals surface area (Å²) in [7, 11) is 0. The second kappa shape index (κ2) is 10.3. The molecule has 0 aliphatic rings. The molecule has 34 heavy (non-hydrogen) atoms. The summed E-state index contributed by atoms with van der Waals surface area (Å²) >= 11 is 0. The molecule has 4 rings (SSSR count). The lowest BCUT2D eigenvalue weighted by molar-refractivity contribution is -0.142. The van der Waals surface area contributed by atoms with Gasteiger partial charge in [0.2, 0.25) is 5.88 Å². The van der Waals surface area contributed by atoms with Gasteiger partial charge in [0.15, 0.2) is 0 Å². The van der Waals surface area contributed by atoms with E-state index >= 15 is 0 Å². The molecule has 0 fully saturated rings. The van der Waals surface area contributed by atoms with Crippen LogP contribution in [0.4, 0.5) is 8.78 Å². The van der Waals surface area contributed by atoms with Crippen LogP contribution in [0.1, 0.15) is 18.1 Å². The van der Waals surface area contributed by atoms with Crippen molar-refractivity contribution in [1.82, 2.24) is 4.98 Å². The van der Waals surface area contributed by atoms with Crippen LogP contribution < -0.4 is 15.2 Å². The van der Waals surface area contributed by atoms with E-state index in [0.717, 1.165) is 0 Å². The van der Waals surface area contributed by atoms with Gasteiger partial charge in [-0.05, 0) is 54.4 Å². The quantitative estimate of drug-likeness (QED) is 0.280. The normalized spacial score (nSPS) is 10.9. The van der Waals surface area contributed by atoms with Crippen LogP contribution in [0.3, 0.4) is 0 Å². The van der Waals surface area contributed by atoms with Gasteiger partial charge in [-0.25, -0.2) is 9.37 Å². The largest absolute Gasteiger partial charge is 0.489 e. The molecule has 0 bridgehead atoms. The van der Waals surface area contributed by atoms with Gasteiger partial charge in [0.05, 0.1) is 13.0 Å². The number of nitrogens with two attached hydrogens (primary N) is 1. The van der Waals surface area contributed by atoms with E-state index in [4.69, 9.17) is 24.4 Å². The van der Waals surface area contributed by atoms with Crippen LogP contribution in [0.15, 0.2) is 59.1 Å². The first kappa shape index (κ1) is 23.2. The third-order valence-electron chi connectivity index (χ3n) is 4.98. The molecule has 0 atom stereocenters. The summed E-state index contributed by atoms with van der Waals surface area (Å²) < 4.78 is 49.1.